The van der Waals surface area contributed by atoms with Crippen LogP contribution in [0.4, 0.5) is 0 Å². The molecule has 0 aliphatic rings. The van der Waals surface area contributed by atoms with Gasteiger partial charge in [0.2, 0.25) is 0 Å². The van der Waals surface area contributed by atoms with Crippen LogP contribution in [0.15, 0.2) is 6.33 Å². The molecule has 0 aliphatic carbocycles. The van der Waals surface area contributed by atoms with E-state index in [4.69, 9.17) is 11.6 Å². The highest BCUT2D eigenvalue weighted by Gasteiger charge is 2.19. The van der Waals surface area contributed by atoms with E-state index in [1.54, 1.807) is 6.33 Å². The fraction of sp³-hybridized carbons (Fsp3) is 0.833. The molecule has 0 fully saturated rings. The predicted octanol–water partition coefficient (Wildman–Crippen LogP) is 3.62. The summed E-state index contributed by atoms with van der Waals surface area (Å²) in [6.45, 7) is 7.77. The second kappa shape index (κ2) is 6.24. The van der Waals surface area contributed by atoms with E-state index in [0.717, 1.165) is 12.4 Å². The Morgan fingerprint density at radius 3 is 2.75 bits per heavy atom. The SMILES string of the molecule is CCCCCC(C)(C)Cn1cnnc1CCl. The van der Waals surface area contributed by atoms with Gasteiger partial charge in [-0.15, -0.1) is 21.8 Å². The van der Waals surface area contributed by atoms with E-state index >= 15 is 0 Å². The standard InChI is InChI=1S/C12H22ClN3/c1-4-5-6-7-12(2,3)9-16-10-14-15-11(16)8-13/h10H,4-9H2,1-3H3. The molecule has 3 nitrogen and oxygen atoms in total. The molecule has 0 unspecified atom stereocenters. The summed E-state index contributed by atoms with van der Waals surface area (Å²) in [6, 6.07) is 0. The summed E-state index contributed by atoms with van der Waals surface area (Å²) in [5, 5.41) is 7.90. The molecule has 0 saturated carbocycles. The molecule has 0 saturated heterocycles. The molecule has 1 heterocycles. The molecular formula is C12H22ClN3. The van der Waals surface area contributed by atoms with Crippen LogP contribution in [0.25, 0.3) is 0 Å². The Kier molecular flexibility index (Phi) is 5.26. The summed E-state index contributed by atoms with van der Waals surface area (Å²) in [7, 11) is 0. The van der Waals surface area contributed by atoms with E-state index in [1.807, 2.05) is 0 Å². The molecule has 1 rings (SSSR count). The molecule has 1 aromatic heterocycles. The molecule has 92 valence electrons. The van der Waals surface area contributed by atoms with Gasteiger partial charge >= 0.3 is 0 Å². The smallest absolute Gasteiger partial charge is 0.147 e. The molecule has 0 N–H and O–H groups in total. The van der Waals surface area contributed by atoms with Crippen molar-refractivity contribution in [3.63, 3.8) is 0 Å². The molecule has 0 spiro atoms. The maximum atomic E-state index is 5.81. The van der Waals surface area contributed by atoms with Gasteiger partial charge in [0.05, 0.1) is 5.88 Å². The van der Waals surface area contributed by atoms with Gasteiger partial charge in [0.15, 0.2) is 0 Å². The fourth-order valence-electron chi connectivity index (χ4n) is 1.91. The van der Waals surface area contributed by atoms with Crippen molar-refractivity contribution in [1.29, 1.82) is 0 Å². The summed E-state index contributed by atoms with van der Waals surface area (Å²) in [4.78, 5) is 0. The largest absolute Gasteiger partial charge is 0.316 e. The number of unbranched alkanes of at least 4 members (excludes halogenated alkanes) is 2. The zero-order chi connectivity index (χ0) is 12.0. The van der Waals surface area contributed by atoms with Crippen LogP contribution in [0.1, 0.15) is 52.3 Å². The first-order chi connectivity index (χ1) is 7.59. The zero-order valence-electron chi connectivity index (χ0n) is 10.5. The first-order valence-electron chi connectivity index (χ1n) is 6.01. The molecule has 1 aromatic rings. The van der Waals surface area contributed by atoms with Gasteiger partial charge in [-0.2, -0.15) is 0 Å². The molecule has 0 radical (unpaired) electrons. The summed E-state index contributed by atoms with van der Waals surface area (Å²) < 4.78 is 2.07. The lowest BCUT2D eigenvalue weighted by molar-refractivity contribution is 0.268. The maximum Gasteiger partial charge on any atom is 0.147 e. The number of nitrogens with zero attached hydrogens (tertiary/aromatic N) is 3. The first-order valence-corrected chi connectivity index (χ1v) is 6.55. The number of hydrogen-bond donors (Lipinski definition) is 0. The van der Waals surface area contributed by atoms with E-state index in [-0.39, 0.29) is 0 Å². The third kappa shape index (κ3) is 4.12. The van der Waals surface area contributed by atoms with E-state index in [9.17, 15) is 0 Å². The van der Waals surface area contributed by atoms with Crippen molar-refractivity contribution >= 4 is 11.6 Å². The van der Waals surface area contributed by atoms with Gasteiger partial charge in [0.1, 0.15) is 12.2 Å². The molecule has 16 heavy (non-hydrogen) atoms. The quantitative estimate of drug-likeness (QED) is 0.541. The molecule has 0 bridgehead atoms. The van der Waals surface area contributed by atoms with Crippen molar-refractivity contribution in [2.45, 2.75) is 58.9 Å². The van der Waals surface area contributed by atoms with Crippen LogP contribution in [-0.4, -0.2) is 14.8 Å². The molecule has 0 atom stereocenters. The van der Waals surface area contributed by atoms with Crippen molar-refractivity contribution in [1.82, 2.24) is 14.8 Å². The van der Waals surface area contributed by atoms with Crippen molar-refractivity contribution in [2.24, 2.45) is 5.41 Å². The highest BCUT2D eigenvalue weighted by atomic mass is 35.5. The number of alkyl halides is 1. The van der Waals surface area contributed by atoms with Crippen molar-refractivity contribution in [2.75, 3.05) is 0 Å². The van der Waals surface area contributed by atoms with Crippen molar-refractivity contribution < 1.29 is 0 Å². The van der Waals surface area contributed by atoms with Gasteiger partial charge in [-0.05, 0) is 11.8 Å². The normalized spacial score (nSPS) is 12.0. The Morgan fingerprint density at radius 1 is 1.38 bits per heavy atom. The number of aromatic nitrogens is 3. The Bertz CT molecular complexity index is 307. The van der Waals surface area contributed by atoms with Crippen LogP contribution in [0.5, 0.6) is 0 Å². The third-order valence-electron chi connectivity index (χ3n) is 2.87. The summed E-state index contributed by atoms with van der Waals surface area (Å²) in [5.74, 6) is 1.30. The maximum absolute atomic E-state index is 5.81. The number of rotatable bonds is 7. The highest BCUT2D eigenvalue weighted by molar-refractivity contribution is 6.16. The Labute approximate surface area is 103 Å². The van der Waals surface area contributed by atoms with Crippen molar-refractivity contribution in [3.05, 3.63) is 12.2 Å². The van der Waals surface area contributed by atoms with E-state index < -0.39 is 0 Å². The lowest BCUT2D eigenvalue weighted by Gasteiger charge is -2.25. The van der Waals surface area contributed by atoms with Crippen LogP contribution in [-0.2, 0) is 12.4 Å². The predicted molar refractivity (Wildman–Crippen MR) is 67.5 cm³/mol. The zero-order valence-corrected chi connectivity index (χ0v) is 11.3. The molecule has 0 aromatic carbocycles. The average molecular weight is 244 g/mol. The van der Waals surface area contributed by atoms with Crippen LogP contribution in [0.2, 0.25) is 0 Å². The molecule has 0 aliphatic heterocycles. The second-order valence-electron chi connectivity index (χ2n) is 5.13. The van der Waals surface area contributed by atoms with E-state index in [2.05, 4.69) is 35.5 Å². The monoisotopic (exact) mass is 243 g/mol. The van der Waals surface area contributed by atoms with Crippen LogP contribution < -0.4 is 0 Å². The van der Waals surface area contributed by atoms with Gasteiger partial charge in [-0.3, -0.25) is 0 Å². The second-order valence-corrected chi connectivity index (χ2v) is 5.40. The molecular weight excluding hydrogens is 222 g/mol. The van der Waals surface area contributed by atoms with Gasteiger partial charge in [0, 0.05) is 6.54 Å². The summed E-state index contributed by atoms with van der Waals surface area (Å²) in [5.41, 5.74) is 0.290. The minimum Gasteiger partial charge on any atom is -0.316 e. The molecule has 0 amide bonds. The van der Waals surface area contributed by atoms with Gasteiger partial charge < -0.3 is 4.57 Å². The van der Waals surface area contributed by atoms with Gasteiger partial charge in [-0.25, -0.2) is 0 Å². The topological polar surface area (TPSA) is 30.7 Å². The fourth-order valence-corrected chi connectivity index (χ4v) is 2.12. The Hall–Kier alpha value is -0.570. The van der Waals surface area contributed by atoms with Crippen LogP contribution in [0.3, 0.4) is 0 Å². The number of halogens is 1. The van der Waals surface area contributed by atoms with E-state index in [1.165, 1.54) is 25.7 Å². The lowest BCUT2D eigenvalue weighted by Crippen LogP contribution is -2.20. The average Bonchev–Trinajstić information content (AvgIpc) is 2.64. The minimum absolute atomic E-state index is 0.290. The Balaban J connectivity index is 2.51. The Morgan fingerprint density at radius 2 is 2.12 bits per heavy atom. The highest BCUT2D eigenvalue weighted by Crippen LogP contribution is 2.26. The summed E-state index contributed by atoms with van der Waals surface area (Å²) >= 11 is 5.81. The third-order valence-corrected chi connectivity index (χ3v) is 3.11. The van der Waals surface area contributed by atoms with Crippen molar-refractivity contribution in [3.8, 4) is 0 Å². The van der Waals surface area contributed by atoms with Gasteiger partial charge in [-0.1, -0.05) is 40.0 Å². The number of hydrogen-bond acceptors (Lipinski definition) is 2. The van der Waals surface area contributed by atoms with Crippen LogP contribution in [0, 0.1) is 5.41 Å². The minimum atomic E-state index is 0.290. The molecule has 4 heteroatoms. The van der Waals surface area contributed by atoms with Crippen LogP contribution >= 0.6 is 11.6 Å². The first kappa shape index (κ1) is 13.5. The van der Waals surface area contributed by atoms with E-state index in [0.29, 0.717) is 11.3 Å². The summed E-state index contributed by atoms with van der Waals surface area (Å²) in [6.07, 6.45) is 6.89. The lowest BCUT2D eigenvalue weighted by atomic mass is 9.87. The van der Waals surface area contributed by atoms with Gasteiger partial charge in [0.25, 0.3) is 0 Å².